The molecule has 0 unspecified atom stereocenters. The summed E-state index contributed by atoms with van der Waals surface area (Å²) < 4.78 is 35.1. The lowest BCUT2D eigenvalue weighted by Crippen LogP contribution is -2.53. The van der Waals surface area contributed by atoms with E-state index in [0.29, 0.717) is 34.5 Å². The van der Waals surface area contributed by atoms with E-state index in [1.165, 1.54) is 17.0 Å². The fraction of sp³-hybridized carbons (Fsp3) is 0.297. The molecule has 0 aromatic heterocycles. The van der Waals surface area contributed by atoms with Gasteiger partial charge in [-0.2, -0.15) is 0 Å². The number of hydrogen-bond acceptors (Lipinski definition) is 5. The zero-order chi connectivity index (χ0) is 34.7. The summed E-state index contributed by atoms with van der Waals surface area (Å²) in [7, 11) is -4.23. The first kappa shape index (κ1) is 36.8. The fourth-order valence-electron chi connectivity index (χ4n) is 5.14. The number of benzene rings is 4. The van der Waals surface area contributed by atoms with Crippen molar-refractivity contribution in [2.75, 3.05) is 24.0 Å². The number of hydrogen-bond donors (Lipinski definition) is 1. The number of nitrogens with one attached hydrogen (secondary N) is 1. The number of rotatable bonds is 16. The lowest BCUT2D eigenvalue weighted by atomic mass is 10.0. The van der Waals surface area contributed by atoms with Crippen molar-refractivity contribution in [3.8, 4) is 5.75 Å². The Bertz CT molecular complexity index is 1770. The first-order valence-corrected chi connectivity index (χ1v) is 18.1. The number of anilines is 1. The number of amides is 2. The fourth-order valence-corrected chi connectivity index (χ4v) is 7.02. The third-order valence-electron chi connectivity index (χ3n) is 7.78. The summed E-state index contributed by atoms with van der Waals surface area (Å²) in [5.41, 5.74) is 2.55. The normalized spacial score (nSPS) is 11.9. The van der Waals surface area contributed by atoms with Crippen LogP contribution >= 0.6 is 23.2 Å². The zero-order valence-electron chi connectivity index (χ0n) is 27.4. The van der Waals surface area contributed by atoms with Crippen molar-refractivity contribution < 1.29 is 22.7 Å². The number of carbonyl (C=O) groups excluding carboxylic acids is 2. The number of sulfonamides is 1. The van der Waals surface area contributed by atoms with Gasteiger partial charge in [0.15, 0.2) is 0 Å². The summed E-state index contributed by atoms with van der Waals surface area (Å²) in [4.78, 5) is 30.0. The molecule has 8 nitrogen and oxygen atoms in total. The molecular formula is C37H41Cl2N3O5S. The number of unbranched alkanes of at least 4 members (excludes halogenated alkanes) is 1. The Morgan fingerprint density at radius 2 is 1.58 bits per heavy atom. The highest BCUT2D eigenvalue weighted by atomic mass is 35.5. The van der Waals surface area contributed by atoms with Gasteiger partial charge in [0, 0.05) is 29.6 Å². The molecule has 0 spiro atoms. The second kappa shape index (κ2) is 17.4. The second-order valence-corrected chi connectivity index (χ2v) is 14.1. The van der Waals surface area contributed by atoms with E-state index in [1.54, 1.807) is 54.6 Å². The minimum Gasteiger partial charge on any atom is -0.494 e. The Hall–Kier alpha value is -4.05. The van der Waals surface area contributed by atoms with E-state index in [9.17, 15) is 18.0 Å². The molecule has 48 heavy (non-hydrogen) atoms. The van der Waals surface area contributed by atoms with E-state index >= 15 is 0 Å². The maximum atomic E-state index is 14.6. The first-order valence-electron chi connectivity index (χ1n) is 15.9. The molecule has 0 radical (unpaired) electrons. The largest absolute Gasteiger partial charge is 0.494 e. The third kappa shape index (κ3) is 9.75. The van der Waals surface area contributed by atoms with E-state index in [-0.39, 0.29) is 29.5 Å². The smallest absolute Gasteiger partial charge is 0.264 e. The van der Waals surface area contributed by atoms with Gasteiger partial charge in [0.05, 0.1) is 17.2 Å². The number of aryl methyl sites for hydroxylation is 1. The molecule has 0 aliphatic carbocycles. The highest BCUT2D eigenvalue weighted by Crippen LogP contribution is 2.28. The molecule has 4 rings (SSSR count). The molecule has 0 saturated carbocycles. The van der Waals surface area contributed by atoms with Gasteiger partial charge >= 0.3 is 0 Å². The van der Waals surface area contributed by atoms with Gasteiger partial charge in [0.1, 0.15) is 18.3 Å². The lowest BCUT2D eigenvalue weighted by Gasteiger charge is -2.34. The van der Waals surface area contributed by atoms with Gasteiger partial charge in [-0.3, -0.25) is 13.9 Å². The van der Waals surface area contributed by atoms with Crippen LogP contribution in [0.5, 0.6) is 5.75 Å². The van der Waals surface area contributed by atoms with Crippen LogP contribution in [0.2, 0.25) is 10.0 Å². The van der Waals surface area contributed by atoms with Crippen molar-refractivity contribution in [1.29, 1.82) is 0 Å². The Labute approximate surface area is 293 Å². The Kier molecular flexibility index (Phi) is 13.3. The number of nitrogens with zero attached hydrogens (tertiary/aromatic N) is 2. The van der Waals surface area contributed by atoms with E-state index in [1.807, 2.05) is 51.1 Å². The van der Waals surface area contributed by atoms with E-state index in [4.69, 9.17) is 27.9 Å². The van der Waals surface area contributed by atoms with E-state index in [2.05, 4.69) is 5.32 Å². The molecule has 11 heteroatoms. The molecular weight excluding hydrogens is 669 g/mol. The number of carbonyl (C=O) groups is 2. The quantitative estimate of drug-likeness (QED) is 0.122. The Balaban J connectivity index is 1.81. The van der Waals surface area contributed by atoms with Crippen molar-refractivity contribution in [2.24, 2.45) is 0 Å². The topological polar surface area (TPSA) is 96.0 Å². The maximum absolute atomic E-state index is 14.6. The zero-order valence-corrected chi connectivity index (χ0v) is 29.7. The van der Waals surface area contributed by atoms with Gasteiger partial charge in [0.25, 0.3) is 10.0 Å². The minimum absolute atomic E-state index is 0.0280. The van der Waals surface area contributed by atoms with Crippen LogP contribution in [-0.4, -0.2) is 50.9 Å². The van der Waals surface area contributed by atoms with E-state index < -0.39 is 28.5 Å². The molecule has 0 bridgehead atoms. The first-order chi connectivity index (χ1) is 23.0. The average molecular weight is 711 g/mol. The number of ether oxygens (including phenoxy) is 1. The SMILES string of the molecule is CCCCNC(=O)[C@H](Cc1ccccc1)N(Cc1ccc(Cl)cc1Cl)C(=O)CN(c1ccc(OCC)cc1)S(=O)(=O)c1ccc(C)cc1. The van der Waals surface area contributed by atoms with Crippen molar-refractivity contribution in [2.45, 2.75) is 57.5 Å². The third-order valence-corrected chi connectivity index (χ3v) is 10.2. The van der Waals surface area contributed by atoms with Crippen LogP contribution in [0.25, 0.3) is 0 Å². The van der Waals surface area contributed by atoms with Crippen LogP contribution in [0.4, 0.5) is 5.69 Å². The summed E-state index contributed by atoms with van der Waals surface area (Å²) in [5, 5.41) is 3.72. The predicted molar refractivity (Wildman–Crippen MR) is 192 cm³/mol. The Morgan fingerprint density at radius 1 is 0.896 bits per heavy atom. The summed E-state index contributed by atoms with van der Waals surface area (Å²) >= 11 is 12.8. The molecule has 4 aromatic carbocycles. The van der Waals surface area contributed by atoms with Crippen molar-refractivity contribution >= 4 is 50.7 Å². The summed E-state index contributed by atoms with van der Waals surface area (Å²) in [6.45, 7) is 5.97. The van der Waals surface area contributed by atoms with Gasteiger partial charge in [-0.05, 0) is 79.9 Å². The summed E-state index contributed by atoms with van der Waals surface area (Å²) in [6, 6.07) is 26.3. The van der Waals surface area contributed by atoms with Gasteiger partial charge in [-0.1, -0.05) is 90.6 Å². The van der Waals surface area contributed by atoms with Gasteiger partial charge in [0.2, 0.25) is 11.8 Å². The molecule has 1 N–H and O–H groups in total. The highest BCUT2D eigenvalue weighted by molar-refractivity contribution is 7.92. The monoisotopic (exact) mass is 709 g/mol. The molecule has 4 aromatic rings. The van der Waals surface area contributed by atoms with Crippen LogP contribution in [0.15, 0.2) is 102 Å². The minimum atomic E-state index is -4.23. The molecule has 0 aliphatic rings. The van der Waals surface area contributed by atoms with Crippen LogP contribution in [0.3, 0.4) is 0 Å². The van der Waals surface area contributed by atoms with E-state index in [0.717, 1.165) is 28.3 Å². The van der Waals surface area contributed by atoms with Crippen LogP contribution in [0.1, 0.15) is 43.4 Å². The number of halogens is 2. The predicted octanol–water partition coefficient (Wildman–Crippen LogP) is 7.45. The maximum Gasteiger partial charge on any atom is 0.264 e. The van der Waals surface area contributed by atoms with Crippen molar-refractivity contribution in [3.63, 3.8) is 0 Å². The lowest BCUT2D eigenvalue weighted by molar-refractivity contribution is -0.140. The summed E-state index contributed by atoms with van der Waals surface area (Å²) in [5.74, 6) is -0.372. The van der Waals surface area contributed by atoms with Crippen LogP contribution in [0, 0.1) is 6.92 Å². The highest BCUT2D eigenvalue weighted by Gasteiger charge is 2.35. The molecule has 0 heterocycles. The molecule has 0 saturated heterocycles. The van der Waals surface area contributed by atoms with Crippen molar-refractivity contribution in [1.82, 2.24) is 10.2 Å². The van der Waals surface area contributed by atoms with Gasteiger partial charge < -0.3 is 15.0 Å². The van der Waals surface area contributed by atoms with Gasteiger partial charge in [-0.15, -0.1) is 0 Å². The molecule has 1 atom stereocenters. The molecule has 2 amide bonds. The van der Waals surface area contributed by atoms with Crippen LogP contribution < -0.4 is 14.4 Å². The standard InChI is InChI=1S/C37H41Cl2N3O5S/c1-4-6-22-40-37(44)35(23-28-10-8-7-9-11-28)41(25-29-14-15-30(38)24-34(29)39)36(43)26-42(31-16-18-32(19-17-31)47-5-2)48(45,46)33-20-12-27(3)13-21-33/h7-21,24,35H,4-6,22-23,25-26H2,1-3H3,(H,40,44)/t35-/m0/s1. The molecule has 254 valence electrons. The summed E-state index contributed by atoms with van der Waals surface area (Å²) in [6.07, 6.45) is 1.84. The van der Waals surface area contributed by atoms with Gasteiger partial charge in [-0.25, -0.2) is 8.42 Å². The van der Waals surface area contributed by atoms with Crippen LogP contribution in [-0.2, 0) is 32.6 Å². The molecule has 0 fully saturated rings. The van der Waals surface area contributed by atoms with Crippen molar-refractivity contribution in [3.05, 3.63) is 124 Å². The second-order valence-electron chi connectivity index (χ2n) is 11.4. The molecule has 0 aliphatic heterocycles. The average Bonchev–Trinajstić information content (AvgIpc) is 3.07. The Morgan fingerprint density at radius 3 is 2.21 bits per heavy atom.